The fourth-order valence-corrected chi connectivity index (χ4v) is 3.96. The van der Waals surface area contributed by atoms with Crippen molar-refractivity contribution >= 4 is 11.8 Å². The summed E-state index contributed by atoms with van der Waals surface area (Å²) < 4.78 is 0. The van der Waals surface area contributed by atoms with E-state index in [1.165, 1.54) is 24.0 Å². The second kappa shape index (κ2) is 9.17. The zero-order valence-electron chi connectivity index (χ0n) is 15.9. The quantitative estimate of drug-likeness (QED) is 0.783. The first kappa shape index (κ1) is 18.9. The number of carbonyl (C=O) groups excluding carboxylic acids is 2. The molecule has 1 aliphatic carbocycles. The van der Waals surface area contributed by atoms with E-state index in [9.17, 15) is 9.59 Å². The SMILES string of the molecule is CCCNC(=O)CN1CCC(NC(=O)Cc2ccc3c(c2)CCC3)CC1. The van der Waals surface area contributed by atoms with Gasteiger partial charge in [-0.2, -0.15) is 0 Å². The molecule has 0 bridgehead atoms. The minimum absolute atomic E-state index is 0.103. The summed E-state index contributed by atoms with van der Waals surface area (Å²) in [5, 5.41) is 6.09. The molecule has 142 valence electrons. The highest BCUT2D eigenvalue weighted by atomic mass is 16.2. The predicted octanol–water partition coefficient (Wildman–Crippen LogP) is 1.82. The zero-order valence-corrected chi connectivity index (χ0v) is 15.9. The van der Waals surface area contributed by atoms with Crippen LogP contribution in [0.3, 0.4) is 0 Å². The van der Waals surface area contributed by atoms with Crippen molar-refractivity contribution in [3.8, 4) is 0 Å². The highest BCUT2D eigenvalue weighted by Gasteiger charge is 2.22. The Bertz CT molecular complexity index is 636. The van der Waals surface area contributed by atoms with Crippen LogP contribution in [-0.4, -0.2) is 48.9 Å². The van der Waals surface area contributed by atoms with Crippen molar-refractivity contribution in [1.82, 2.24) is 15.5 Å². The highest BCUT2D eigenvalue weighted by molar-refractivity contribution is 5.79. The molecule has 2 aliphatic rings. The number of likely N-dealkylation sites (tertiary alicyclic amines) is 1. The maximum atomic E-state index is 12.4. The minimum Gasteiger partial charge on any atom is -0.355 e. The van der Waals surface area contributed by atoms with Gasteiger partial charge < -0.3 is 10.6 Å². The number of carbonyl (C=O) groups is 2. The Labute approximate surface area is 156 Å². The number of fused-ring (bicyclic) bond motifs is 1. The number of benzene rings is 1. The monoisotopic (exact) mass is 357 g/mol. The van der Waals surface area contributed by atoms with E-state index >= 15 is 0 Å². The maximum Gasteiger partial charge on any atom is 0.234 e. The number of hydrogen-bond acceptors (Lipinski definition) is 3. The summed E-state index contributed by atoms with van der Waals surface area (Å²) in [5.41, 5.74) is 3.99. The van der Waals surface area contributed by atoms with Gasteiger partial charge in [-0.05, 0) is 55.2 Å². The van der Waals surface area contributed by atoms with Crippen molar-refractivity contribution in [3.05, 3.63) is 34.9 Å². The normalized spacial score (nSPS) is 17.7. The van der Waals surface area contributed by atoms with Crippen LogP contribution < -0.4 is 10.6 Å². The summed E-state index contributed by atoms with van der Waals surface area (Å²) in [7, 11) is 0. The summed E-state index contributed by atoms with van der Waals surface area (Å²) in [4.78, 5) is 26.3. The van der Waals surface area contributed by atoms with Crippen molar-refractivity contribution in [2.75, 3.05) is 26.2 Å². The van der Waals surface area contributed by atoms with Gasteiger partial charge in [-0.15, -0.1) is 0 Å². The largest absolute Gasteiger partial charge is 0.355 e. The lowest BCUT2D eigenvalue weighted by Crippen LogP contribution is -2.47. The van der Waals surface area contributed by atoms with Gasteiger partial charge in [0, 0.05) is 25.7 Å². The molecule has 2 N–H and O–H groups in total. The predicted molar refractivity (Wildman–Crippen MR) is 103 cm³/mol. The Morgan fingerprint density at radius 3 is 2.65 bits per heavy atom. The summed E-state index contributed by atoms with van der Waals surface area (Å²) in [5.74, 6) is 0.216. The van der Waals surface area contributed by atoms with Crippen molar-refractivity contribution in [2.24, 2.45) is 0 Å². The molecule has 0 spiro atoms. The van der Waals surface area contributed by atoms with Crippen molar-refractivity contribution in [3.63, 3.8) is 0 Å². The first-order valence-corrected chi connectivity index (χ1v) is 10.0. The van der Waals surface area contributed by atoms with Gasteiger partial charge >= 0.3 is 0 Å². The van der Waals surface area contributed by atoms with Gasteiger partial charge in [0.05, 0.1) is 13.0 Å². The average molecular weight is 357 g/mol. The summed E-state index contributed by atoms with van der Waals surface area (Å²) in [6.45, 7) is 4.99. The number of piperidine rings is 1. The minimum atomic E-state index is 0.103. The van der Waals surface area contributed by atoms with Gasteiger partial charge in [0.2, 0.25) is 11.8 Å². The molecule has 2 amide bonds. The molecule has 0 saturated carbocycles. The molecule has 0 atom stereocenters. The average Bonchev–Trinajstić information content (AvgIpc) is 3.09. The van der Waals surface area contributed by atoms with E-state index in [2.05, 4.69) is 40.7 Å². The van der Waals surface area contributed by atoms with Crippen LogP contribution in [0.1, 0.15) is 49.3 Å². The second-order valence-corrected chi connectivity index (χ2v) is 7.60. The smallest absolute Gasteiger partial charge is 0.234 e. The molecular formula is C21H31N3O2. The van der Waals surface area contributed by atoms with Crippen LogP contribution in [0.15, 0.2) is 18.2 Å². The summed E-state index contributed by atoms with van der Waals surface area (Å²) >= 11 is 0. The van der Waals surface area contributed by atoms with Crippen molar-refractivity contribution in [2.45, 2.75) is 57.9 Å². The molecule has 5 nitrogen and oxygen atoms in total. The Balaban J connectivity index is 1.39. The second-order valence-electron chi connectivity index (χ2n) is 7.60. The van der Waals surface area contributed by atoms with Gasteiger partial charge in [0.25, 0.3) is 0 Å². The Hall–Kier alpha value is -1.88. The van der Waals surface area contributed by atoms with Crippen LogP contribution in [-0.2, 0) is 28.9 Å². The maximum absolute atomic E-state index is 12.4. The lowest BCUT2D eigenvalue weighted by Gasteiger charge is -2.31. The topological polar surface area (TPSA) is 61.4 Å². The molecule has 1 saturated heterocycles. The standard InChI is InChI=1S/C21H31N3O2/c1-2-10-22-21(26)15-24-11-8-19(9-12-24)23-20(25)14-16-6-7-17-4-3-5-18(17)13-16/h6-7,13,19H,2-5,8-12,14-15H2,1H3,(H,22,26)(H,23,25). The van der Waals surface area contributed by atoms with Crippen molar-refractivity contribution in [1.29, 1.82) is 0 Å². The summed E-state index contributed by atoms with van der Waals surface area (Å²) in [6, 6.07) is 6.72. The molecule has 26 heavy (non-hydrogen) atoms. The molecule has 1 aromatic rings. The molecule has 1 aliphatic heterocycles. The third-order valence-electron chi connectivity index (χ3n) is 5.42. The lowest BCUT2D eigenvalue weighted by atomic mass is 10.0. The number of aryl methyl sites for hydroxylation is 2. The van der Waals surface area contributed by atoms with Crippen LogP contribution in [0.4, 0.5) is 0 Å². The van der Waals surface area contributed by atoms with Crippen LogP contribution in [0, 0.1) is 0 Å². The highest BCUT2D eigenvalue weighted by Crippen LogP contribution is 2.23. The van der Waals surface area contributed by atoms with Gasteiger partial charge in [0.15, 0.2) is 0 Å². The van der Waals surface area contributed by atoms with E-state index in [1.807, 2.05) is 0 Å². The molecule has 3 rings (SSSR count). The van der Waals surface area contributed by atoms with Crippen LogP contribution >= 0.6 is 0 Å². The number of amides is 2. The number of nitrogens with one attached hydrogen (secondary N) is 2. The van der Waals surface area contributed by atoms with Crippen molar-refractivity contribution < 1.29 is 9.59 Å². The van der Waals surface area contributed by atoms with E-state index in [4.69, 9.17) is 0 Å². The summed E-state index contributed by atoms with van der Waals surface area (Å²) in [6.07, 6.45) is 6.82. The first-order chi connectivity index (χ1) is 12.6. The fraction of sp³-hybridized carbons (Fsp3) is 0.619. The van der Waals surface area contributed by atoms with Gasteiger partial charge in [-0.3, -0.25) is 14.5 Å². The first-order valence-electron chi connectivity index (χ1n) is 10.0. The molecule has 0 aromatic heterocycles. The van der Waals surface area contributed by atoms with Gasteiger partial charge in [-0.25, -0.2) is 0 Å². The van der Waals surface area contributed by atoms with Crippen LogP contribution in [0.25, 0.3) is 0 Å². The van der Waals surface area contributed by atoms with Crippen LogP contribution in [0.5, 0.6) is 0 Å². The Kier molecular flexibility index (Phi) is 6.67. The molecule has 1 aromatic carbocycles. The number of nitrogens with zero attached hydrogens (tertiary/aromatic N) is 1. The molecular weight excluding hydrogens is 326 g/mol. The number of hydrogen-bond donors (Lipinski definition) is 2. The van der Waals surface area contributed by atoms with Gasteiger partial charge in [-0.1, -0.05) is 25.1 Å². The molecule has 1 heterocycles. The van der Waals surface area contributed by atoms with Gasteiger partial charge in [0.1, 0.15) is 0 Å². The molecule has 0 radical (unpaired) electrons. The van der Waals surface area contributed by atoms with E-state index in [1.54, 1.807) is 0 Å². The van der Waals surface area contributed by atoms with Crippen LogP contribution in [0.2, 0.25) is 0 Å². The molecule has 1 fully saturated rings. The third kappa shape index (κ3) is 5.31. The molecule has 5 heteroatoms. The van der Waals surface area contributed by atoms with E-state index in [0.29, 0.717) is 13.0 Å². The Morgan fingerprint density at radius 1 is 1.12 bits per heavy atom. The van der Waals surface area contributed by atoms with E-state index < -0.39 is 0 Å². The van der Waals surface area contributed by atoms with E-state index in [0.717, 1.165) is 50.9 Å². The number of rotatable bonds is 7. The van der Waals surface area contributed by atoms with E-state index in [-0.39, 0.29) is 17.9 Å². The fourth-order valence-electron chi connectivity index (χ4n) is 3.96. The molecule has 0 unspecified atom stereocenters. The third-order valence-corrected chi connectivity index (χ3v) is 5.42. The zero-order chi connectivity index (χ0) is 18.4. The lowest BCUT2D eigenvalue weighted by molar-refractivity contribution is -0.124. The Morgan fingerprint density at radius 2 is 1.88 bits per heavy atom.